The van der Waals surface area contributed by atoms with Crippen LogP contribution < -0.4 is 10.6 Å². The van der Waals surface area contributed by atoms with Gasteiger partial charge in [0, 0.05) is 30.9 Å². The maximum atomic E-state index is 12.9. The number of nitrogens with zero attached hydrogens (tertiary/aromatic N) is 1. The van der Waals surface area contributed by atoms with Crippen LogP contribution in [0.3, 0.4) is 0 Å². The first-order chi connectivity index (χ1) is 14.5. The minimum Gasteiger partial charge on any atom is -0.356 e. The van der Waals surface area contributed by atoms with Gasteiger partial charge in [0.2, 0.25) is 5.91 Å². The maximum absolute atomic E-state index is 12.9. The Morgan fingerprint density at radius 1 is 1.10 bits per heavy atom. The van der Waals surface area contributed by atoms with Crippen LogP contribution >= 0.6 is 11.6 Å². The number of likely N-dealkylation sites (tertiary alicyclic amines) is 1. The molecule has 0 bridgehead atoms. The van der Waals surface area contributed by atoms with Gasteiger partial charge in [-0.15, -0.1) is 0 Å². The topological polar surface area (TPSA) is 78.5 Å². The SMILES string of the molecule is CCCNC(=O)C1CCCN(C(=O)c2ccc(NC(=O)c3ccccc3Cl)cc2)C1. The number of rotatable bonds is 6. The lowest BCUT2D eigenvalue weighted by Crippen LogP contribution is -2.45. The summed E-state index contributed by atoms with van der Waals surface area (Å²) in [6, 6.07) is 13.6. The minimum atomic E-state index is -0.309. The molecular formula is C23H26ClN3O3. The number of carbonyl (C=O) groups is 3. The van der Waals surface area contributed by atoms with Gasteiger partial charge in [-0.25, -0.2) is 0 Å². The number of amides is 3. The highest BCUT2D eigenvalue weighted by molar-refractivity contribution is 6.34. The summed E-state index contributed by atoms with van der Waals surface area (Å²) in [4.78, 5) is 39.2. The summed E-state index contributed by atoms with van der Waals surface area (Å²) in [7, 11) is 0. The van der Waals surface area contributed by atoms with Crippen molar-refractivity contribution in [2.75, 3.05) is 25.0 Å². The Balaban J connectivity index is 1.61. The largest absolute Gasteiger partial charge is 0.356 e. The van der Waals surface area contributed by atoms with Crippen LogP contribution in [-0.4, -0.2) is 42.3 Å². The zero-order chi connectivity index (χ0) is 21.5. The van der Waals surface area contributed by atoms with Gasteiger partial charge in [-0.2, -0.15) is 0 Å². The fourth-order valence-electron chi connectivity index (χ4n) is 3.49. The molecule has 1 unspecified atom stereocenters. The molecule has 158 valence electrons. The summed E-state index contributed by atoms with van der Waals surface area (Å²) >= 11 is 6.06. The standard InChI is InChI=1S/C23H26ClN3O3/c1-2-13-25-21(28)17-6-5-14-27(15-17)23(30)16-9-11-18(12-10-16)26-22(29)19-7-3-4-8-20(19)24/h3-4,7-12,17H,2,5-6,13-15H2,1H3,(H,25,28)(H,26,29). The molecule has 0 aliphatic carbocycles. The van der Waals surface area contributed by atoms with Crippen LogP contribution in [0.2, 0.25) is 5.02 Å². The van der Waals surface area contributed by atoms with Crippen LogP contribution in [0.4, 0.5) is 5.69 Å². The normalized spacial score (nSPS) is 16.1. The van der Waals surface area contributed by atoms with Crippen molar-refractivity contribution in [3.63, 3.8) is 0 Å². The van der Waals surface area contributed by atoms with E-state index in [2.05, 4.69) is 10.6 Å². The molecule has 0 saturated carbocycles. The van der Waals surface area contributed by atoms with Gasteiger partial charge in [-0.05, 0) is 55.7 Å². The van der Waals surface area contributed by atoms with Crippen molar-refractivity contribution in [1.82, 2.24) is 10.2 Å². The molecule has 2 N–H and O–H groups in total. The van der Waals surface area contributed by atoms with E-state index in [1.54, 1.807) is 53.4 Å². The van der Waals surface area contributed by atoms with E-state index in [-0.39, 0.29) is 23.6 Å². The zero-order valence-electron chi connectivity index (χ0n) is 17.0. The second-order valence-corrected chi connectivity index (χ2v) is 7.80. The Morgan fingerprint density at radius 2 is 1.83 bits per heavy atom. The Morgan fingerprint density at radius 3 is 2.53 bits per heavy atom. The third-order valence-electron chi connectivity index (χ3n) is 5.14. The number of nitrogens with one attached hydrogen (secondary N) is 2. The molecule has 3 rings (SSSR count). The van der Waals surface area contributed by atoms with Crippen LogP contribution in [0.25, 0.3) is 0 Å². The molecule has 1 saturated heterocycles. The number of carbonyl (C=O) groups excluding carboxylic acids is 3. The van der Waals surface area contributed by atoms with Gasteiger partial charge in [0.1, 0.15) is 0 Å². The van der Waals surface area contributed by atoms with Gasteiger partial charge >= 0.3 is 0 Å². The Hall–Kier alpha value is -2.86. The molecule has 1 fully saturated rings. The first-order valence-corrected chi connectivity index (χ1v) is 10.6. The fraction of sp³-hybridized carbons (Fsp3) is 0.348. The molecule has 2 aromatic rings. The molecular weight excluding hydrogens is 402 g/mol. The van der Waals surface area contributed by atoms with E-state index in [1.807, 2.05) is 6.92 Å². The lowest BCUT2D eigenvalue weighted by Gasteiger charge is -2.32. The Bertz CT molecular complexity index is 914. The highest BCUT2D eigenvalue weighted by Crippen LogP contribution is 2.21. The van der Waals surface area contributed by atoms with Crippen LogP contribution in [0.15, 0.2) is 48.5 Å². The van der Waals surface area contributed by atoms with E-state index in [0.717, 1.165) is 19.3 Å². The van der Waals surface area contributed by atoms with Crippen LogP contribution in [-0.2, 0) is 4.79 Å². The molecule has 0 spiro atoms. The van der Waals surface area contributed by atoms with Crippen molar-refractivity contribution < 1.29 is 14.4 Å². The smallest absolute Gasteiger partial charge is 0.257 e. The van der Waals surface area contributed by atoms with Crippen molar-refractivity contribution in [1.29, 1.82) is 0 Å². The quantitative estimate of drug-likeness (QED) is 0.732. The molecule has 30 heavy (non-hydrogen) atoms. The molecule has 1 heterocycles. The van der Waals surface area contributed by atoms with Crippen LogP contribution in [0.1, 0.15) is 46.9 Å². The average Bonchev–Trinajstić information content (AvgIpc) is 2.77. The van der Waals surface area contributed by atoms with Gasteiger partial charge in [-0.3, -0.25) is 14.4 Å². The second-order valence-electron chi connectivity index (χ2n) is 7.39. The van der Waals surface area contributed by atoms with Crippen molar-refractivity contribution >= 4 is 35.0 Å². The highest BCUT2D eigenvalue weighted by atomic mass is 35.5. The molecule has 0 radical (unpaired) electrons. The second kappa shape index (κ2) is 10.3. The van der Waals surface area contributed by atoms with Gasteiger partial charge in [0.15, 0.2) is 0 Å². The predicted octanol–water partition coefficient (Wildman–Crippen LogP) is 3.97. The first kappa shape index (κ1) is 21.8. The summed E-state index contributed by atoms with van der Waals surface area (Å²) in [6.07, 6.45) is 2.49. The van der Waals surface area contributed by atoms with Crippen LogP contribution in [0, 0.1) is 5.92 Å². The average molecular weight is 428 g/mol. The van der Waals surface area contributed by atoms with Gasteiger partial charge in [0.25, 0.3) is 11.8 Å². The van der Waals surface area contributed by atoms with E-state index >= 15 is 0 Å². The molecule has 2 aromatic carbocycles. The van der Waals surface area contributed by atoms with Gasteiger partial charge in [-0.1, -0.05) is 30.7 Å². The predicted molar refractivity (Wildman–Crippen MR) is 118 cm³/mol. The van der Waals surface area contributed by atoms with Gasteiger partial charge < -0.3 is 15.5 Å². The lowest BCUT2D eigenvalue weighted by atomic mass is 9.96. The van der Waals surface area contributed by atoms with Gasteiger partial charge in [0.05, 0.1) is 16.5 Å². The Kier molecular flexibility index (Phi) is 7.46. The van der Waals surface area contributed by atoms with Crippen molar-refractivity contribution in [3.05, 3.63) is 64.7 Å². The summed E-state index contributed by atoms with van der Waals surface area (Å²) in [5, 5.41) is 6.08. The van der Waals surface area contributed by atoms with Crippen molar-refractivity contribution in [2.24, 2.45) is 5.92 Å². The third kappa shape index (κ3) is 5.39. The van der Waals surface area contributed by atoms with E-state index in [4.69, 9.17) is 11.6 Å². The van der Waals surface area contributed by atoms with E-state index in [9.17, 15) is 14.4 Å². The van der Waals surface area contributed by atoms with Crippen molar-refractivity contribution in [2.45, 2.75) is 26.2 Å². The molecule has 6 nitrogen and oxygen atoms in total. The fourth-order valence-corrected chi connectivity index (χ4v) is 3.71. The summed E-state index contributed by atoms with van der Waals surface area (Å²) < 4.78 is 0. The number of benzene rings is 2. The summed E-state index contributed by atoms with van der Waals surface area (Å²) in [5.74, 6) is -0.556. The molecule has 3 amide bonds. The molecule has 7 heteroatoms. The minimum absolute atomic E-state index is 0.0204. The number of hydrogen-bond donors (Lipinski definition) is 2. The molecule has 0 aromatic heterocycles. The zero-order valence-corrected chi connectivity index (χ0v) is 17.7. The van der Waals surface area contributed by atoms with Crippen LogP contribution in [0.5, 0.6) is 0 Å². The number of hydrogen-bond acceptors (Lipinski definition) is 3. The number of anilines is 1. The summed E-state index contributed by atoms with van der Waals surface area (Å²) in [6.45, 7) is 3.74. The monoisotopic (exact) mass is 427 g/mol. The molecule has 1 atom stereocenters. The maximum Gasteiger partial charge on any atom is 0.257 e. The van der Waals surface area contributed by atoms with E-state index < -0.39 is 0 Å². The lowest BCUT2D eigenvalue weighted by molar-refractivity contribution is -0.126. The molecule has 1 aliphatic rings. The van der Waals surface area contributed by atoms with Crippen molar-refractivity contribution in [3.8, 4) is 0 Å². The number of halogens is 1. The third-order valence-corrected chi connectivity index (χ3v) is 5.47. The van der Waals surface area contributed by atoms with E-state index in [0.29, 0.717) is 41.5 Å². The Labute approximate surface area is 181 Å². The number of piperidine rings is 1. The van der Waals surface area contributed by atoms with E-state index in [1.165, 1.54) is 0 Å². The highest BCUT2D eigenvalue weighted by Gasteiger charge is 2.28. The molecule has 1 aliphatic heterocycles. The first-order valence-electron chi connectivity index (χ1n) is 10.2. The summed E-state index contributed by atoms with van der Waals surface area (Å²) in [5.41, 5.74) is 1.49.